The molecule has 5 aromatic rings. The van der Waals surface area contributed by atoms with Gasteiger partial charge in [0.15, 0.2) is 17.3 Å². The van der Waals surface area contributed by atoms with E-state index in [1.807, 2.05) is 12.1 Å². The number of nitro benzene ring substituents is 1. The van der Waals surface area contributed by atoms with Crippen LogP contribution >= 0.6 is 15.9 Å². The molecule has 11 heteroatoms. The summed E-state index contributed by atoms with van der Waals surface area (Å²) in [5.41, 5.74) is 0.516. The number of halogens is 1. The predicted molar refractivity (Wildman–Crippen MR) is 131 cm³/mol. The first-order valence-electron chi connectivity index (χ1n) is 10.3. The monoisotopic (exact) mass is 532 g/mol. The van der Waals surface area contributed by atoms with Crippen molar-refractivity contribution in [3.8, 4) is 23.1 Å². The average Bonchev–Trinajstić information content (AvgIpc) is 3.48. The Hall–Kier alpha value is -4.51. The second-order valence-electron chi connectivity index (χ2n) is 7.63. The van der Waals surface area contributed by atoms with Crippen molar-refractivity contribution in [1.29, 1.82) is 0 Å². The Bertz CT molecular complexity index is 1760. The van der Waals surface area contributed by atoms with E-state index in [0.29, 0.717) is 28.0 Å². The highest BCUT2D eigenvalue weighted by Crippen LogP contribution is 2.37. The van der Waals surface area contributed by atoms with Crippen molar-refractivity contribution >= 4 is 49.7 Å². The number of rotatable bonds is 4. The summed E-state index contributed by atoms with van der Waals surface area (Å²) >= 11 is 3.44. The molecular formula is C24H13BrN4O6. The van der Waals surface area contributed by atoms with Crippen LogP contribution in [0.1, 0.15) is 5.56 Å². The van der Waals surface area contributed by atoms with Crippen molar-refractivity contribution < 1.29 is 18.8 Å². The van der Waals surface area contributed by atoms with Crippen molar-refractivity contribution in [3.63, 3.8) is 0 Å². The second-order valence-corrected chi connectivity index (χ2v) is 8.54. The molecule has 0 N–H and O–H groups in total. The van der Waals surface area contributed by atoms with E-state index in [1.165, 1.54) is 18.3 Å². The molecule has 1 aliphatic heterocycles. The van der Waals surface area contributed by atoms with Crippen LogP contribution in [0.15, 0.2) is 79.4 Å². The molecule has 0 saturated carbocycles. The largest absolute Gasteiger partial charge is 0.454 e. The molecule has 0 amide bonds. The summed E-state index contributed by atoms with van der Waals surface area (Å²) in [7, 11) is 0. The third-order valence-electron chi connectivity index (χ3n) is 5.48. The minimum Gasteiger partial charge on any atom is -0.454 e. The lowest BCUT2D eigenvalue weighted by atomic mass is 10.1. The van der Waals surface area contributed by atoms with Crippen molar-refractivity contribution in [1.82, 2.24) is 9.66 Å². The van der Waals surface area contributed by atoms with E-state index < -0.39 is 10.5 Å². The Kier molecular flexibility index (Phi) is 4.85. The maximum Gasteiger partial charge on any atom is 0.282 e. The minimum absolute atomic E-state index is 0.0343. The summed E-state index contributed by atoms with van der Waals surface area (Å²) < 4.78 is 18.5. The van der Waals surface area contributed by atoms with Gasteiger partial charge in [0.1, 0.15) is 5.58 Å². The highest BCUT2D eigenvalue weighted by molar-refractivity contribution is 9.10. The molecule has 10 nitrogen and oxygen atoms in total. The van der Waals surface area contributed by atoms with Crippen molar-refractivity contribution in [2.24, 2.45) is 5.10 Å². The van der Waals surface area contributed by atoms with E-state index in [2.05, 4.69) is 26.0 Å². The molecule has 2 aromatic heterocycles. The Morgan fingerprint density at radius 3 is 2.71 bits per heavy atom. The van der Waals surface area contributed by atoms with Gasteiger partial charge in [0, 0.05) is 9.86 Å². The fourth-order valence-corrected chi connectivity index (χ4v) is 4.22. The summed E-state index contributed by atoms with van der Waals surface area (Å²) in [6.07, 6.45) is 1.22. The molecule has 1 aliphatic rings. The molecule has 3 heterocycles. The van der Waals surface area contributed by atoms with Crippen LogP contribution in [0.25, 0.3) is 33.5 Å². The number of benzene rings is 3. The molecule has 0 unspecified atom stereocenters. The molecule has 6 rings (SSSR count). The quantitative estimate of drug-likeness (QED) is 0.179. The smallest absolute Gasteiger partial charge is 0.282 e. The van der Waals surface area contributed by atoms with Gasteiger partial charge in [0.25, 0.3) is 11.2 Å². The molecule has 0 fully saturated rings. The molecule has 0 aliphatic carbocycles. The van der Waals surface area contributed by atoms with E-state index in [4.69, 9.17) is 13.9 Å². The zero-order chi connectivity index (χ0) is 24.1. The van der Waals surface area contributed by atoms with Gasteiger partial charge in [-0.15, -0.1) is 0 Å². The highest BCUT2D eigenvalue weighted by Gasteiger charge is 2.23. The lowest BCUT2D eigenvalue weighted by molar-refractivity contribution is -0.385. The van der Waals surface area contributed by atoms with Crippen LogP contribution < -0.4 is 15.0 Å². The normalized spacial score (nSPS) is 12.7. The van der Waals surface area contributed by atoms with E-state index in [9.17, 15) is 14.9 Å². The van der Waals surface area contributed by atoms with Crippen LogP contribution in [0, 0.1) is 10.1 Å². The Balaban J connectivity index is 1.56. The maximum absolute atomic E-state index is 13.4. The van der Waals surface area contributed by atoms with Gasteiger partial charge in [-0.2, -0.15) is 9.78 Å². The first-order valence-corrected chi connectivity index (χ1v) is 11.1. The standard InChI is InChI=1S/C24H13BrN4O6/c25-15-5-6-19-13(7-15)8-22(35-19)23-27-17-4-2-1-3-16(17)24(30)28(23)26-11-14-9-20-21(34-12-33-20)10-18(14)29(31)32/h1-11H,12H2. The van der Waals surface area contributed by atoms with Gasteiger partial charge < -0.3 is 13.9 Å². The number of hydrogen-bond acceptors (Lipinski definition) is 8. The third kappa shape index (κ3) is 3.62. The fraction of sp³-hybridized carbons (Fsp3) is 0.0417. The zero-order valence-corrected chi connectivity index (χ0v) is 19.3. The second kappa shape index (κ2) is 8.06. The van der Waals surface area contributed by atoms with E-state index in [0.717, 1.165) is 14.5 Å². The van der Waals surface area contributed by atoms with Gasteiger partial charge in [0.2, 0.25) is 12.6 Å². The molecule has 0 spiro atoms. The number of nitro groups is 1. The highest BCUT2D eigenvalue weighted by atomic mass is 79.9. The Morgan fingerprint density at radius 2 is 1.89 bits per heavy atom. The SMILES string of the molecule is O=c1c2ccccc2nc(-c2cc3cc(Br)ccc3o2)n1N=Cc1cc2c(cc1[N+](=O)[O-])OCO2. The summed E-state index contributed by atoms with van der Waals surface area (Å²) in [4.78, 5) is 29.1. The third-order valence-corrected chi connectivity index (χ3v) is 5.98. The van der Waals surface area contributed by atoms with Crippen LogP contribution in [0.4, 0.5) is 5.69 Å². The Labute approximate surface area is 204 Å². The summed E-state index contributed by atoms with van der Waals surface area (Å²) in [5, 5.41) is 17.1. The number of ether oxygens (including phenoxy) is 2. The predicted octanol–water partition coefficient (Wildman–Crippen LogP) is 5.09. The molecular weight excluding hydrogens is 520 g/mol. The van der Waals surface area contributed by atoms with Crippen LogP contribution in [0.5, 0.6) is 11.5 Å². The van der Waals surface area contributed by atoms with Gasteiger partial charge in [-0.25, -0.2) is 4.98 Å². The van der Waals surface area contributed by atoms with Gasteiger partial charge in [0.05, 0.1) is 33.7 Å². The maximum atomic E-state index is 13.4. The molecule has 0 atom stereocenters. The molecule has 35 heavy (non-hydrogen) atoms. The van der Waals surface area contributed by atoms with Crippen LogP contribution in [0.2, 0.25) is 0 Å². The molecule has 172 valence electrons. The number of furan rings is 1. The lowest BCUT2D eigenvalue weighted by Crippen LogP contribution is -2.20. The topological polar surface area (TPSA) is 122 Å². The zero-order valence-electron chi connectivity index (χ0n) is 17.7. The minimum atomic E-state index is -0.553. The van der Waals surface area contributed by atoms with E-state index >= 15 is 0 Å². The number of fused-ring (bicyclic) bond motifs is 3. The van der Waals surface area contributed by atoms with Crippen LogP contribution in [-0.4, -0.2) is 27.6 Å². The molecule has 3 aromatic carbocycles. The lowest BCUT2D eigenvalue weighted by Gasteiger charge is -2.07. The van der Waals surface area contributed by atoms with E-state index in [-0.39, 0.29) is 29.6 Å². The molecule has 0 saturated heterocycles. The Morgan fingerprint density at radius 1 is 1.09 bits per heavy atom. The number of hydrogen-bond donors (Lipinski definition) is 0. The molecule has 0 radical (unpaired) electrons. The number of aromatic nitrogens is 2. The number of nitrogens with zero attached hydrogens (tertiary/aromatic N) is 4. The van der Waals surface area contributed by atoms with Crippen molar-refractivity contribution in [2.75, 3.05) is 6.79 Å². The number of para-hydroxylation sites is 1. The first kappa shape index (κ1) is 21.1. The van der Waals surface area contributed by atoms with Crippen LogP contribution in [0.3, 0.4) is 0 Å². The summed E-state index contributed by atoms with van der Waals surface area (Å²) in [6.45, 7) is -0.0343. The fourth-order valence-electron chi connectivity index (χ4n) is 3.84. The van der Waals surface area contributed by atoms with Crippen molar-refractivity contribution in [2.45, 2.75) is 0 Å². The average molecular weight is 533 g/mol. The van der Waals surface area contributed by atoms with Crippen LogP contribution in [-0.2, 0) is 0 Å². The van der Waals surface area contributed by atoms with Gasteiger partial charge >= 0.3 is 0 Å². The first-order chi connectivity index (χ1) is 17.0. The summed E-state index contributed by atoms with van der Waals surface area (Å²) in [6, 6.07) is 16.8. The van der Waals surface area contributed by atoms with Gasteiger partial charge in [-0.3, -0.25) is 14.9 Å². The van der Waals surface area contributed by atoms with Gasteiger partial charge in [-0.1, -0.05) is 28.1 Å². The van der Waals surface area contributed by atoms with Gasteiger partial charge in [-0.05, 0) is 42.5 Å². The molecule has 0 bridgehead atoms. The van der Waals surface area contributed by atoms with E-state index in [1.54, 1.807) is 36.4 Å². The van der Waals surface area contributed by atoms with Crippen molar-refractivity contribution in [3.05, 3.63) is 91.2 Å². The summed E-state index contributed by atoms with van der Waals surface area (Å²) in [5.74, 6) is 1.09.